The monoisotopic (exact) mass is 173 g/mol. The fourth-order valence-electron chi connectivity index (χ4n) is 0.796. The Hall–Kier alpha value is -0.680. The van der Waals surface area contributed by atoms with E-state index in [0.717, 1.165) is 0 Å². The summed E-state index contributed by atoms with van der Waals surface area (Å²) in [5.41, 5.74) is 11.1. The van der Waals surface area contributed by atoms with Crippen molar-refractivity contribution in [3.05, 3.63) is 0 Å². The van der Waals surface area contributed by atoms with E-state index in [2.05, 4.69) is 10.3 Å². The molecular weight excluding hydrogens is 154 g/mol. The molecule has 0 amide bonds. The lowest BCUT2D eigenvalue weighted by atomic mass is 10.3. The number of rotatable bonds is 4. The van der Waals surface area contributed by atoms with Crippen molar-refractivity contribution in [2.75, 3.05) is 0 Å². The first kappa shape index (κ1) is 11.3. The Morgan fingerprint density at radius 2 is 1.58 bits per heavy atom. The van der Waals surface area contributed by atoms with E-state index < -0.39 is 0 Å². The molecule has 5 nitrogen and oxygen atoms in total. The summed E-state index contributed by atoms with van der Waals surface area (Å²) < 4.78 is 0. The SMILES string of the molecule is CC(N)N=NN(C(C)C)C(C)N. The molecule has 4 N–H and O–H groups in total. The topological polar surface area (TPSA) is 80.0 Å². The van der Waals surface area contributed by atoms with E-state index in [-0.39, 0.29) is 18.4 Å². The molecule has 5 heteroatoms. The van der Waals surface area contributed by atoms with E-state index in [1.165, 1.54) is 0 Å². The van der Waals surface area contributed by atoms with Crippen molar-refractivity contribution in [3.63, 3.8) is 0 Å². The molecule has 72 valence electrons. The lowest BCUT2D eigenvalue weighted by Gasteiger charge is -2.25. The second-order valence-corrected chi connectivity index (χ2v) is 3.16. The van der Waals surface area contributed by atoms with Crippen molar-refractivity contribution in [2.45, 2.75) is 46.1 Å². The Labute approximate surface area is 73.8 Å². The van der Waals surface area contributed by atoms with E-state index in [4.69, 9.17) is 11.5 Å². The lowest BCUT2D eigenvalue weighted by Crippen LogP contribution is -2.40. The smallest absolute Gasteiger partial charge is 0.117 e. The average molecular weight is 173 g/mol. The maximum absolute atomic E-state index is 5.66. The molecule has 2 unspecified atom stereocenters. The summed E-state index contributed by atoms with van der Waals surface area (Å²) in [6, 6.07) is 0.243. The normalized spacial score (nSPS) is 16.9. The predicted octanol–water partition coefficient (Wildman–Crippen LogP) is 0.673. The molecule has 0 bridgehead atoms. The van der Waals surface area contributed by atoms with E-state index in [1.54, 1.807) is 11.9 Å². The van der Waals surface area contributed by atoms with E-state index in [0.29, 0.717) is 0 Å². The number of hydrogen-bond acceptors (Lipinski definition) is 4. The van der Waals surface area contributed by atoms with Crippen LogP contribution in [-0.4, -0.2) is 23.4 Å². The minimum atomic E-state index is -0.273. The molecule has 0 saturated heterocycles. The summed E-state index contributed by atoms with van der Waals surface area (Å²) in [7, 11) is 0. The molecule has 0 radical (unpaired) electrons. The third-order valence-electron chi connectivity index (χ3n) is 1.28. The maximum Gasteiger partial charge on any atom is 0.117 e. The third-order valence-corrected chi connectivity index (χ3v) is 1.28. The summed E-state index contributed by atoms with van der Waals surface area (Å²) in [6.07, 6.45) is -0.405. The van der Waals surface area contributed by atoms with Gasteiger partial charge in [0.25, 0.3) is 0 Å². The highest BCUT2D eigenvalue weighted by molar-refractivity contribution is 4.60. The highest BCUT2D eigenvalue weighted by Crippen LogP contribution is 2.02. The highest BCUT2D eigenvalue weighted by Gasteiger charge is 2.10. The van der Waals surface area contributed by atoms with Crippen molar-refractivity contribution in [3.8, 4) is 0 Å². The molecule has 0 aliphatic carbocycles. The molecule has 0 spiro atoms. The molecule has 0 aromatic heterocycles. The second-order valence-electron chi connectivity index (χ2n) is 3.16. The van der Waals surface area contributed by atoms with Gasteiger partial charge in [0.15, 0.2) is 0 Å². The molecule has 0 fully saturated rings. The van der Waals surface area contributed by atoms with Gasteiger partial charge in [-0.3, -0.25) is 5.01 Å². The van der Waals surface area contributed by atoms with Gasteiger partial charge in [-0.2, -0.15) is 5.11 Å². The first-order valence-corrected chi connectivity index (χ1v) is 4.15. The molecular formula is C7H19N5. The second kappa shape index (κ2) is 5.05. The van der Waals surface area contributed by atoms with Crippen molar-refractivity contribution in [1.82, 2.24) is 5.01 Å². The van der Waals surface area contributed by atoms with Crippen LogP contribution >= 0.6 is 0 Å². The molecule has 12 heavy (non-hydrogen) atoms. The summed E-state index contributed by atoms with van der Waals surface area (Å²) in [6.45, 7) is 7.64. The third kappa shape index (κ3) is 4.25. The molecule has 0 aliphatic heterocycles. The van der Waals surface area contributed by atoms with Gasteiger partial charge in [-0.1, -0.05) is 5.22 Å². The Morgan fingerprint density at radius 1 is 1.08 bits per heavy atom. The van der Waals surface area contributed by atoms with Crippen LogP contribution < -0.4 is 11.5 Å². The molecule has 0 aromatic rings. The Morgan fingerprint density at radius 3 is 1.83 bits per heavy atom. The van der Waals surface area contributed by atoms with Gasteiger partial charge in [0.1, 0.15) is 6.17 Å². The summed E-state index contributed by atoms with van der Waals surface area (Å²) in [5.74, 6) is 0. The van der Waals surface area contributed by atoms with Gasteiger partial charge < -0.3 is 11.5 Å². The average Bonchev–Trinajstić information content (AvgIpc) is 1.84. The van der Waals surface area contributed by atoms with Crippen molar-refractivity contribution in [1.29, 1.82) is 0 Å². The quantitative estimate of drug-likeness (QED) is 0.372. The van der Waals surface area contributed by atoms with E-state index >= 15 is 0 Å². The lowest BCUT2D eigenvalue weighted by molar-refractivity contribution is 0.157. The summed E-state index contributed by atoms with van der Waals surface area (Å²) in [5, 5.41) is 9.46. The summed E-state index contributed by atoms with van der Waals surface area (Å²) in [4.78, 5) is 0. The van der Waals surface area contributed by atoms with Crippen LogP contribution in [-0.2, 0) is 0 Å². The van der Waals surface area contributed by atoms with Crippen LogP contribution in [0.5, 0.6) is 0 Å². The fraction of sp³-hybridized carbons (Fsp3) is 1.00. The van der Waals surface area contributed by atoms with Crippen molar-refractivity contribution in [2.24, 2.45) is 21.8 Å². The minimum absolute atomic E-state index is 0.132. The minimum Gasteiger partial charge on any atom is -0.310 e. The van der Waals surface area contributed by atoms with Crippen molar-refractivity contribution >= 4 is 0 Å². The van der Waals surface area contributed by atoms with Crippen LogP contribution in [0, 0.1) is 0 Å². The number of hydrogen-bond donors (Lipinski definition) is 2. The zero-order valence-corrected chi connectivity index (χ0v) is 8.23. The van der Waals surface area contributed by atoms with Crippen LogP contribution in [0.2, 0.25) is 0 Å². The molecule has 0 saturated carbocycles. The van der Waals surface area contributed by atoms with Crippen molar-refractivity contribution < 1.29 is 0 Å². The van der Waals surface area contributed by atoms with Gasteiger partial charge >= 0.3 is 0 Å². The largest absolute Gasteiger partial charge is 0.310 e. The van der Waals surface area contributed by atoms with E-state index in [9.17, 15) is 0 Å². The standard InChI is InChI=1S/C7H19N5/c1-5(2)12(7(4)9)11-10-6(3)8/h5-7H,8-9H2,1-4H3. The molecule has 0 heterocycles. The highest BCUT2D eigenvalue weighted by atomic mass is 15.6. The molecule has 0 aromatic carbocycles. The Bertz CT molecular complexity index is 133. The van der Waals surface area contributed by atoms with Gasteiger partial charge in [0, 0.05) is 6.04 Å². The Kier molecular flexibility index (Phi) is 4.77. The van der Waals surface area contributed by atoms with Crippen LogP contribution in [0.4, 0.5) is 0 Å². The predicted molar refractivity (Wildman–Crippen MR) is 49.1 cm³/mol. The van der Waals surface area contributed by atoms with Crippen LogP contribution in [0.15, 0.2) is 10.3 Å². The van der Waals surface area contributed by atoms with Crippen LogP contribution in [0.3, 0.4) is 0 Å². The number of nitrogens with two attached hydrogens (primary N) is 2. The van der Waals surface area contributed by atoms with Crippen LogP contribution in [0.1, 0.15) is 27.7 Å². The molecule has 2 atom stereocenters. The maximum atomic E-state index is 5.66. The fourth-order valence-corrected chi connectivity index (χ4v) is 0.796. The van der Waals surface area contributed by atoms with Gasteiger partial charge in [-0.25, -0.2) is 0 Å². The van der Waals surface area contributed by atoms with Gasteiger partial charge in [0.05, 0.1) is 6.17 Å². The first-order chi connectivity index (χ1) is 5.45. The molecule has 0 rings (SSSR count). The zero-order chi connectivity index (χ0) is 9.72. The van der Waals surface area contributed by atoms with Crippen LogP contribution in [0.25, 0.3) is 0 Å². The molecule has 0 aliphatic rings. The van der Waals surface area contributed by atoms with Gasteiger partial charge in [0.2, 0.25) is 0 Å². The van der Waals surface area contributed by atoms with Gasteiger partial charge in [-0.05, 0) is 27.7 Å². The summed E-state index contributed by atoms with van der Waals surface area (Å²) >= 11 is 0. The number of nitrogens with zero attached hydrogens (tertiary/aromatic N) is 3. The Balaban J connectivity index is 4.14. The van der Waals surface area contributed by atoms with E-state index in [1.807, 2.05) is 20.8 Å². The van der Waals surface area contributed by atoms with Gasteiger partial charge in [-0.15, -0.1) is 0 Å². The first-order valence-electron chi connectivity index (χ1n) is 4.15. The zero-order valence-electron chi connectivity index (χ0n) is 8.23.